The van der Waals surface area contributed by atoms with Gasteiger partial charge in [-0.1, -0.05) is 146 Å². The molecule has 1 aliphatic heterocycles. The number of hydrogen-bond donors (Lipinski definition) is 0. The molecular weight excluding hydrogens is 751 g/mol. The second-order valence-electron chi connectivity index (χ2n) is 16.3. The lowest BCUT2D eigenvalue weighted by molar-refractivity contribution is 0.360. The van der Waals surface area contributed by atoms with Crippen molar-refractivity contribution in [2.24, 2.45) is 5.92 Å². The second kappa shape index (κ2) is 11.8. The van der Waals surface area contributed by atoms with Crippen LogP contribution in [0.1, 0.15) is 22.3 Å². The van der Waals surface area contributed by atoms with Crippen LogP contribution in [0.3, 0.4) is 0 Å². The van der Waals surface area contributed by atoms with Gasteiger partial charge < -0.3 is 14.4 Å². The Balaban J connectivity index is 0.896. The summed E-state index contributed by atoms with van der Waals surface area (Å²) in [7, 11) is 0. The van der Waals surface area contributed by atoms with E-state index >= 15 is 0 Å². The second-order valence-corrected chi connectivity index (χ2v) is 17.4. The lowest BCUT2D eigenvalue weighted by atomic mass is 9.70. The Kier molecular flexibility index (Phi) is 6.43. The quantitative estimate of drug-likeness (QED) is 0.177. The molecule has 2 heterocycles. The predicted octanol–water partition coefficient (Wildman–Crippen LogP) is 15.1. The van der Waals surface area contributed by atoms with E-state index in [2.05, 4.69) is 193 Å². The number of anilines is 2. The van der Waals surface area contributed by atoms with Crippen LogP contribution in [0.5, 0.6) is 23.0 Å². The Labute approximate surface area is 351 Å². The molecule has 0 saturated carbocycles. The average molecular weight is 784 g/mol. The van der Waals surface area contributed by atoms with Crippen LogP contribution in [0.4, 0.5) is 11.4 Å². The normalized spacial score (nSPS) is 16.4. The lowest BCUT2D eigenvalue weighted by Gasteiger charge is -2.32. The number of fused-ring (bicyclic) bond motifs is 16. The van der Waals surface area contributed by atoms with Gasteiger partial charge in [0.25, 0.3) is 0 Å². The molecule has 14 rings (SSSR count). The van der Waals surface area contributed by atoms with E-state index in [9.17, 15) is 0 Å². The summed E-state index contributed by atoms with van der Waals surface area (Å²) in [6.45, 7) is 0. The summed E-state index contributed by atoms with van der Waals surface area (Å²) in [5.74, 6) is 3.12. The monoisotopic (exact) mass is 783 g/mol. The van der Waals surface area contributed by atoms with Crippen LogP contribution in [0.2, 0.25) is 0 Å². The number of nitrogens with zero attached hydrogens (tertiary/aromatic N) is 1. The van der Waals surface area contributed by atoms with Gasteiger partial charge in [-0.15, -0.1) is 11.3 Å². The van der Waals surface area contributed by atoms with Crippen molar-refractivity contribution in [2.45, 2.75) is 5.41 Å². The number of allylic oxidation sites excluding steroid dienone is 5. The molecule has 5 aliphatic rings. The van der Waals surface area contributed by atoms with E-state index in [1.807, 2.05) is 17.4 Å². The van der Waals surface area contributed by atoms with E-state index in [1.165, 1.54) is 87.1 Å². The molecule has 3 nitrogen and oxygen atoms in total. The Hall–Kier alpha value is -7.40. The largest absolute Gasteiger partial charge is 0.449 e. The summed E-state index contributed by atoms with van der Waals surface area (Å²) >= 11 is 1.86. The molecule has 1 aromatic heterocycles. The highest BCUT2D eigenvalue weighted by atomic mass is 32.1. The van der Waals surface area contributed by atoms with E-state index in [4.69, 9.17) is 9.47 Å². The lowest BCUT2D eigenvalue weighted by Crippen LogP contribution is -2.26. The number of benzene rings is 8. The first-order valence-electron chi connectivity index (χ1n) is 20.6. The number of ether oxygens (including phenoxy) is 2. The fraction of sp³-hybridized carbons (Fsp3) is 0.0357. The first-order chi connectivity index (χ1) is 29.7. The van der Waals surface area contributed by atoms with Crippen LogP contribution in [0.25, 0.3) is 53.6 Å². The van der Waals surface area contributed by atoms with Crippen LogP contribution in [-0.4, -0.2) is 0 Å². The Morgan fingerprint density at radius 3 is 1.90 bits per heavy atom. The van der Waals surface area contributed by atoms with Gasteiger partial charge in [0.1, 0.15) is 0 Å². The van der Waals surface area contributed by atoms with Gasteiger partial charge in [0, 0.05) is 37.5 Å². The Morgan fingerprint density at radius 2 is 1.15 bits per heavy atom. The van der Waals surface area contributed by atoms with Gasteiger partial charge in [0.05, 0.1) is 11.1 Å². The molecule has 1 spiro atoms. The summed E-state index contributed by atoms with van der Waals surface area (Å²) in [5.41, 5.74) is 16.6. The Morgan fingerprint density at radius 1 is 0.483 bits per heavy atom. The van der Waals surface area contributed by atoms with Gasteiger partial charge in [0.15, 0.2) is 23.0 Å². The highest BCUT2D eigenvalue weighted by Gasteiger charge is 2.52. The zero-order chi connectivity index (χ0) is 39.1. The zero-order valence-electron chi connectivity index (χ0n) is 32.2. The minimum atomic E-state index is -0.471. The fourth-order valence-electron chi connectivity index (χ4n) is 10.7. The third-order valence-corrected chi connectivity index (χ3v) is 14.4. The first-order valence-corrected chi connectivity index (χ1v) is 21.4. The number of thiophene rings is 1. The first kappa shape index (κ1) is 32.5. The number of rotatable bonds is 4. The zero-order valence-corrected chi connectivity index (χ0v) is 33.0. The van der Waals surface area contributed by atoms with E-state index in [-0.39, 0.29) is 5.92 Å². The standard InChI is InChI=1S/C56H33NO2S/c1-2-17-42-41(16-1)54(42)57(35-27-24-33(25-28-35)34-26-29-40-39-15-6-10-23-52(39)60-53(40)30-34)48-21-11-22-49-55(48)59-51-32-47-43(31-50(51)58-49)38-14-5-9-20-46(38)56(47)44-18-7-3-12-36(44)37-13-4-8-19-45(37)56/h1-32,41H/t41-/m1/s1. The van der Waals surface area contributed by atoms with E-state index < -0.39 is 5.41 Å². The van der Waals surface area contributed by atoms with Crippen molar-refractivity contribution in [3.05, 3.63) is 228 Å². The number of para-hydroxylation sites is 1. The minimum Gasteiger partial charge on any atom is -0.449 e. The van der Waals surface area contributed by atoms with Gasteiger partial charge in [0.2, 0.25) is 0 Å². The molecule has 1 atom stereocenters. The number of hydrogen-bond acceptors (Lipinski definition) is 4. The molecule has 0 bridgehead atoms. The molecular formula is C56H33NO2S. The molecule has 0 saturated heterocycles. The molecule has 0 fully saturated rings. The van der Waals surface area contributed by atoms with Crippen LogP contribution in [0, 0.1) is 5.92 Å². The van der Waals surface area contributed by atoms with Crippen molar-refractivity contribution >= 4 is 42.9 Å². The van der Waals surface area contributed by atoms with Gasteiger partial charge in [-0.2, -0.15) is 0 Å². The molecule has 4 aliphatic carbocycles. The van der Waals surface area contributed by atoms with Crippen LogP contribution in [0.15, 0.2) is 205 Å². The topological polar surface area (TPSA) is 21.7 Å². The van der Waals surface area contributed by atoms with E-state index in [1.54, 1.807) is 0 Å². The summed E-state index contributed by atoms with van der Waals surface area (Å²) < 4.78 is 16.7. The average Bonchev–Trinajstić information content (AvgIpc) is 3.62. The van der Waals surface area contributed by atoms with Crippen molar-refractivity contribution in [3.8, 4) is 56.4 Å². The molecule has 280 valence electrons. The molecule has 9 aromatic rings. The fourth-order valence-corrected chi connectivity index (χ4v) is 11.8. The maximum atomic E-state index is 7.18. The highest BCUT2D eigenvalue weighted by molar-refractivity contribution is 7.25. The van der Waals surface area contributed by atoms with Crippen LogP contribution >= 0.6 is 11.3 Å². The van der Waals surface area contributed by atoms with Crippen molar-refractivity contribution in [1.82, 2.24) is 0 Å². The third kappa shape index (κ3) is 4.28. The SMILES string of the molecule is C1=CC2=C(N(c3ccc(-c4ccc5c(c4)sc4ccccc45)cc3)c3cccc4c3Oc3cc5c(cc3O4)-c3ccccc3C53c4ccccc4-c4ccccc43)[C@@H]2C=C1. The molecule has 4 heteroatoms. The van der Waals surface area contributed by atoms with Crippen molar-refractivity contribution < 1.29 is 9.47 Å². The molecule has 0 amide bonds. The van der Waals surface area contributed by atoms with Gasteiger partial charge in [-0.05, 0) is 110 Å². The molecule has 0 N–H and O–H groups in total. The Bertz CT molecular complexity index is 3410. The smallest absolute Gasteiger partial charge is 0.194 e. The van der Waals surface area contributed by atoms with Crippen LogP contribution < -0.4 is 14.4 Å². The van der Waals surface area contributed by atoms with Crippen molar-refractivity contribution in [1.29, 1.82) is 0 Å². The van der Waals surface area contributed by atoms with Crippen molar-refractivity contribution in [2.75, 3.05) is 4.90 Å². The van der Waals surface area contributed by atoms with E-state index in [0.717, 1.165) is 22.9 Å². The highest BCUT2D eigenvalue weighted by Crippen LogP contribution is 2.65. The summed E-state index contributed by atoms with van der Waals surface area (Å²) in [4.78, 5) is 2.38. The van der Waals surface area contributed by atoms with E-state index in [0.29, 0.717) is 11.5 Å². The molecule has 8 aromatic carbocycles. The van der Waals surface area contributed by atoms with Gasteiger partial charge >= 0.3 is 0 Å². The van der Waals surface area contributed by atoms with Gasteiger partial charge in [-0.25, -0.2) is 0 Å². The minimum absolute atomic E-state index is 0.252. The summed E-state index contributed by atoms with van der Waals surface area (Å²) in [5, 5.41) is 2.63. The van der Waals surface area contributed by atoms with Crippen molar-refractivity contribution in [3.63, 3.8) is 0 Å². The third-order valence-electron chi connectivity index (χ3n) is 13.3. The molecule has 0 unspecified atom stereocenters. The predicted molar refractivity (Wildman–Crippen MR) is 245 cm³/mol. The molecule has 60 heavy (non-hydrogen) atoms. The van der Waals surface area contributed by atoms with Crippen LogP contribution in [-0.2, 0) is 5.41 Å². The molecule has 0 radical (unpaired) electrons. The van der Waals surface area contributed by atoms with Gasteiger partial charge in [-0.3, -0.25) is 0 Å². The summed E-state index contributed by atoms with van der Waals surface area (Å²) in [6.07, 6.45) is 8.80. The maximum absolute atomic E-state index is 7.18. The summed E-state index contributed by atoms with van der Waals surface area (Å²) in [6, 6.07) is 62.0. The maximum Gasteiger partial charge on any atom is 0.194 e.